The van der Waals surface area contributed by atoms with Gasteiger partial charge in [0.15, 0.2) is 0 Å². The van der Waals surface area contributed by atoms with Crippen molar-refractivity contribution in [3.63, 3.8) is 0 Å². The number of rotatable bonds is 3. The summed E-state index contributed by atoms with van der Waals surface area (Å²) in [6.07, 6.45) is 4.52. The first-order valence-electron chi connectivity index (χ1n) is 8.32. The van der Waals surface area contributed by atoms with Crippen molar-refractivity contribution in [3.8, 4) is 0 Å². The van der Waals surface area contributed by atoms with Gasteiger partial charge >= 0.3 is 6.09 Å². The van der Waals surface area contributed by atoms with Crippen molar-refractivity contribution in [2.75, 3.05) is 18.5 Å². The average Bonchev–Trinajstić information content (AvgIpc) is 3.11. The van der Waals surface area contributed by atoms with Gasteiger partial charge in [0, 0.05) is 18.9 Å². The zero-order valence-electron chi connectivity index (χ0n) is 14.2. The van der Waals surface area contributed by atoms with Gasteiger partial charge in [0.1, 0.15) is 17.4 Å². The van der Waals surface area contributed by atoms with Crippen LogP contribution in [0.4, 0.5) is 9.80 Å². The van der Waals surface area contributed by atoms with Gasteiger partial charge in [0.05, 0.1) is 35.3 Å². The standard InChI is InChI=1S/C17H20N4O3S/c1-10-16(25-11(2)18-10)20-17(22)24-8-12-3-4-14-13(7-12)19-15-9-23-6-5-21(14)15/h3-4,12H,5-9H2,1-2H3,(H,20,22). The molecule has 1 atom stereocenters. The van der Waals surface area contributed by atoms with Crippen molar-refractivity contribution in [1.29, 1.82) is 0 Å². The van der Waals surface area contributed by atoms with Crippen LogP contribution in [0.2, 0.25) is 0 Å². The van der Waals surface area contributed by atoms with Gasteiger partial charge in [-0.15, -0.1) is 11.3 Å². The van der Waals surface area contributed by atoms with Crippen molar-refractivity contribution in [1.82, 2.24) is 14.5 Å². The van der Waals surface area contributed by atoms with E-state index in [0.717, 1.165) is 52.5 Å². The fourth-order valence-corrected chi connectivity index (χ4v) is 4.01. The first kappa shape index (κ1) is 16.3. The van der Waals surface area contributed by atoms with Crippen LogP contribution in [-0.4, -0.2) is 33.8 Å². The molecule has 0 fully saturated rings. The second-order valence-electron chi connectivity index (χ2n) is 6.26. The van der Waals surface area contributed by atoms with Gasteiger partial charge in [-0.1, -0.05) is 6.08 Å². The fourth-order valence-electron chi connectivity index (χ4n) is 3.20. The number of carbonyl (C=O) groups excluding carboxylic acids is 1. The minimum atomic E-state index is -0.441. The normalized spacial score (nSPS) is 18.6. The Labute approximate surface area is 149 Å². The fraction of sp³-hybridized carbons (Fsp3) is 0.471. The van der Waals surface area contributed by atoms with E-state index < -0.39 is 6.09 Å². The number of hydrogen-bond acceptors (Lipinski definition) is 6. The van der Waals surface area contributed by atoms with Gasteiger partial charge in [-0.25, -0.2) is 14.8 Å². The number of aryl methyl sites for hydroxylation is 2. The number of hydrogen-bond donors (Lipinski definition) is 1. The van der Waals surface area contributed by atoms with Crippen LogP contribution in [0.25, 0.3) is 6.08 Å². The molecule has 7 nitrogen and oxygen atoms in total. The molecule has 132 valence electrons. The summed E-state index contributed by atoms with van der Waals surface area (Å²) < 4.78 is 13.1. The van der Waals surface area contributed by atoms with E-state index in [4.69, 9.17) is 9.47 Å². The molecule has 0 saturated carbocycles. The van der Waals surface area contributed by atoms with E-state index >= 15 is 0 Å². The number of aromatic nitrogens is 3. The summed E-state index contributed by atoms with van der Waals surface area (Å²) in [5, 5.41) is 4.43. The van der Waals surface area contributed by atoms with Gasteiger partial charge in [-0.2, -0.15) is 0 Å². The highest BCUT2D eigenvalue weighted by Gasteiger charge is 2.24. The smallest absolute Gasteiger partial charge is 0.412 e. The van der Waals surface area contributed by atoms with Crippen LogP contribution >= 0.6 is 11.3 Å². The molecule has 0 saturated heterocycles. The molecular weight excluding hydrogens is 340 g/mol. The van der Waals surface area contributed by atoms with Crippen LogP contribution in [0.15, 0.2) is 6.08 Å². The first-order chi connectivity index (χ1) is 12.1. The SMILES string of the molecule is Cc1nc(C)c(NC(=O)OCC2C=Cc3c(nc4n3CCOC4)C2)s1. The Morgan fingerprint density at radius 1 is 1.48 bits per heavy atom. The summed E-state index contributed by atoms with van der Waals surface area (Å²) in [7, 11) is 0. The Morgan fingerprint density at radius 2 is 2.36 bits per heavy atom. The number of imidazole rings is 1. The molecular formula is C17H20N4O3S. The maximum atomic E-state index is 12.0. The maximum absolute atomic E-state index is 12.0. The van der Waals surface area contributed by atoms with Crippen molar-refractivity contribution in [2.24, 2.45) is 5.92 Å². The van der Waals surface area contributed by atoms with Crippen LogP contribution in [-0.2, 0) is 29.0 Å². The predicted molar refractivity (Wildman–Crippen MR) is 94.7 cm³/mol. The zero-order chi connectivity index (χ0) is 17.4. The molecule has 2 aromatic heterocycles. The molecule has 8 heteroatoms. The number of anilines is 1. The molecule has 0 spiro atoms. The van der Waals surface area contributed by atoms with E-state index in [1.165, 1.54) is 11.3 Å². The lowest BCUT2D eigenvalue weighted by Crippen LogP contribution is -2.21. The molecule has 1 amide bonds. The van der Waals surface area contributed by atoms with Crippen molar-refractivity contribution in [2.45, 2.75) is 33.4 Å². The number of nitrogens with one attached hydrogen (secondary N) is 1. The Hall–Kier alpha value is -2.19. The molecule has 0 aromatic carbocycles. The summed E-state index contributed by atoms with van der Waals surface area (Å²) in [5.74, 6) is 1.12. The molecule has 1 N–H and O–H groups in total. The molecule has 1 aliphatic carbocycles. The van der Waals surface area contributed by atoms with Crippen LogP contribution < -0.4 is 5.32 Å². The predicted octanol–water partition coefficient (Wildman–Crippen LogP) is 2.92. The minimum Gasteiger partial charge on any atom is -0.449 e. The third kappa shape index (κ3) is 3.32. The Morgan fingerprint density at radius 3 is 3.16 bits per heavy atom. The van der Waals surface area contributed by atoms with E-state index in [-0.39, 0.29) is 5.92 Å². The lowest BCUT2D eigenvalue weighted by molar-refractivity contribution is 0.0814. The second-order valence-corrected chi connectivity index (χ2v) is 7.46. The number of fused-ring (bicyclic) bond motifs is 3. The summed E-state index contributed by atoms with van der Waals surface area (Å²) in [4.78, 5) is 21.0. The monoisotopic (exact) mass is 360 g/mol. The molecule has 1 unspecified atom stereocenters. The molecule has 3 heterocycles. The zero-order valence-corrected chi connectivity index (χ0v) is 15.1. The third-order valence-corrected chi connectivity index (χ3v) is 5.37. The average molecular weight is 360 g/mol. The molecule has 1 aliphatic heterocycles. The van der Waals surface area contributed by atoms with Gasteiger partial charge < -0.3 is 14.0 Å². The molecule has 0 bridgehead atoms. The Kier molecular flexibility index (Phi) is 4.30. The Bertz CT molecular complexity index is 839. The highest BCUT2D eigenvalue weighted by atomic mass is 32.1. The lowest BCUT2D eigenvalue weighted by Gasteiger charge is -2.19. The van der Waals surface area contributed by atoms with E-state index in [9.17, 15) is 4.79 Å². The number of nitrogens with zero attached hydrogens (tertiary/aromatic N) is 3. The maximum Gasteiger partial charge on any atom is 0.412 e. The number of thiazole rings is 1. The number of ether oxygens (including phenoxy) is 2. The molecule has 4 rings (SSSR count). The topological polar surface area (TPSA) is 78.3 Å². The summed E-state index contributed by atoms with van der Waals surface area (Å²) in [6, 6.07) is 0. The molecule has 25 heavy (non-hydrogen) atoms. The molecule has 0 radical (unpaired) electrons. The quantitative estimate of drug-likeness (QED) is 0.910. The van der Waals surface area contributed by atoms with Crippen LogP contribution in [0.1, 0.15) is 27.9 Å². The second kappa shape index (κ2) is 6.61. The highest BCUT2D eigenvalue weighted by molar-refractivity contribution is 7.16. The largest absolute Gasteiger partial charge is 0.449 e. The van der Waals surface area contributed by atoms with Crippen molar-refractivity contribution < 1.29 is 14.3 Å². The van der Waals surface area contributed by atoms with Crippen LogP contribution in [0, 0.1) is 19.8 Å². The van der Waals surface area contributed by atoms with Gasteiger partial charge in [0.2, 0.25) is 0 Å². The van der Waals surface area contributed by atoms with E-state index in [1.807, 2.05) is 13.8 Å². The van der Waals surface area contributed by atoms with Gasteiger partial charge in [-0.3, -0.25) is 5.32 Å². The minimum absolute atomic E-state index is 0.139. The van der Waals surface area contributed by atoms with E-state index in [0.29, 0.717) is 13.2 Å². The van der Waals surface area contributed by atoms with Crippen molar-refractivity contribution in [3.05, 3.63) is 34.0 Å². The summed E-state index contributed by atoms with van der Waals surface area (Å²) >= 11 is 1.45. The summed E-state index contributed by atoms with van der Waals surface area (Å²) in [6.45, 7) is 6.25. The first-order valence-corrected chi connectivity index (χ1v) is 9.14. The summed E-state index contributed by atoms with van der Waals surface area (Å²) in [5.41, 5.74) is 3.04. The lowest BCUT2D eigenvalue weighted by atomic mass is 9.97. The number of amides is 1. The number of carbonyl (C=O) groups is 1. The van der Waals surface area contributed by atoms with Gasteiger partial charge in [-0.05, 0) is 19.9 Å². The Balaban J connectivity index is 1.35. The van der Waals surface area contributed by atoms with E-state index in [2.05, 4.69) is 32.0 Å². The third-order valence-electron chi connectivity index (χ3n) is 4.38. The van der Waals surface area contributed by atoms with E-state index in [1.54, 1.807) is 0 Å². The van der Waals surface area contributed by atoms with Gasteiger partial charge in [0.25, 0.3) is 0 Å². The van der Waals surface area contributed by atoms with Crippen LogP contribution in [0.3, 0.4) is 0 Å². The molecule has 2 aromatic rings. The van der Waals surface area contributed by atoms with Crippen LogP contribution in [0.5, 0.6) is 0 Å². The van der Waals surface area contributed by atoms with Crippen molar-refractivity contribution >= 4 is 28.5 Å². The molecule has 2 aliphatic rings. The highest BCUT2D eigenvalue weighted by Crippen LogP contribution is 2.26.